The third-order valence-electron chi connectivity index (χ3n) is 6.42. The fourth-order valence-electron chi connectivity index (χ4n) is 4.38. The molecule has 1 fully saturated rings. The highest BCUT2D eigenvalue weighted by atomic mass is 32.2. The lowest BCUT2D eigenvalue weighted by molar-refractivity contribution is -0.139. The Balaban J connectivity index is 1.90. The molecule has 0 saturated heterocycles. The van der Waals surface area contributed by atoms with E-state index >= 15 is 0 Å². The van der Waals surface area contributed by atoms with Crippen LogP contribution in [0.4, 0.5) is 5.69 Å². The molecule has 1 atom stereocenters. The highest BCUT2D eigenvalue weighted by Crippen LogP contribution is 2.24. The zero-order valence-electron chi connectivity index (χ0n) is 20.9. The van der Waals surface area contributed by atoms with E-state index in [1.165, 1.54) is 4.90 Å². The molecule has 0 aliphatic heterocycles. The SMILES string of the molecule is COc1cccc(CN(C(=O)CN(c2ccccc2C)S(C)(=O)=O)C(C)C(=O)NC2CCCC2)c1. The predicted octanol–water partition coefficient (Wildman–Crippen LogP) is 3.25. The third kappa shape index (κ3) is 6.97. The minimum absolute atomic E-state index is 0.109. The Hall–Kier alpha value is -3.07. The summed E-state index contributed by atoms with van der Waals surface area (Å²) in [6.45, 7) is 3.21. The molecule has 8 nitrogen and oxygen atoms in total. The van der Waals surface area contributed by atoms with Crippen LogP contribution in [-0.4, -0.2) is 57.1 Å². The van der Waals surface area contributed by atoms with Crippen LogP contribution in [0.25, 0.3) is 0 Å². The van der Waals surface area contributed by atoms with Crippen molar-refractivity contribution in [1.82, 2.24) is 10.2 Å². The number of sulfonamides is 1. The molecule has 1 aliphatic rings. The lowest BCUT2D eigenvalue weighted by atomic mass is 10.1. The van der Waals surface area contributed by atoms with E-state index in [2.05, 4.69) is 5.32 Å². The lowest BCUT2D eigenvalue weighted by Crippen LogP contribution is -2.52. The number of amides is 2. The van der Waals surface area contributed by atoms with Crippen molar-refractivity contribution in [3.05, 3.63) is 59.7 Å². The molecule has 0 spiro atoms. The van der Waals surface area contributed by atoms with Crippen LogP contribution in [0, 0.1) is 6.92 Å². The quantitative estimate of drug-likeness (QED) is 0.539. The average molecular weight is 502 g/mol. The van der Waals surface area contributed by atoms with Crippen LogP contribution in [0.2, 0.25) is 0 Å². The molecular formula is C26H35N3O5S. The zero-order valence-corrected chi connectivity index (χ0v) is 21.7. The molecule has 35 heavy (non-hydrogen) atoms. The summed E-state index contributed by atoms with van der Waals surface area (Å²) in [4.78, 5) is 28.2. The van der Waals surface area contributed by atoms with Gasteiger partial charge in [0.25, 0.3) is 0 Å². The van der Waals surface area contributed by atoms with Crippen molar-refractivity contribution in [2.45, 2.75) is 58.2 Å². The fourth-order valence-corrected chi connectivity index (χ4v) is 5.29. The Morgan fingerprint density at radius 1 is 1.11 bits per heavy atom. The molecule has 0 radical (unpaired) electrons. The number of nitrogens with zero attached hydrogens (tertiary/aromatic N) is 2. The van der Waals surface area contributed by atoms with Crippen molar-refractivity contribution in [3.8, 4) is 5.75 Å². The first-order valence-electron chi connectivity index (χ1n) is 11.9. The van der Waals surface area contributed by atoms with E-state index in [1.807, 2.05) is 18.2 Å². The molecule has 0 aromatic heterocycles. The molecule has 9 heteroatoms. The summed E-state index contributed by atoms with van der Waals surface area (Å²) in [6, 6.07) is 13.6. The maximum atomic E-state index is 13.6. The molecule has 0 heterocycles. The monoisotopic (exact) mass is 501 g/mol. The molecule has 3 rings (SSSR count). The van der Waals surface area contributed by atoms with Crippen molar-refractivity contribution in [2.75, 3.05) is 24.2 Å². The standard InChI is InChI=1S/C26H35N3O5S/c1-19-10-5-8-15-24(19)29(35(4,32)33)18-25(30)28(17-21-11-9-14-23(16-21)34-3)20(2)26(31)27-22-12-6-7-13-22/h5,8-11,14-16,20,22H,6-7,12-13,17-18H2,1-4H3,(H,27,31). The van der Waals surface area contributed by atoms with Crippen LogP contribution in [0.1, 0.15) is 43.7 Å². The first-order valence-corrected chi connectivity index (χ1v) is 13.7. The Morgan fingerprint density at radius 2 is 1.80 bits per heavy atom. The van der Waals surface area contributed by atoms with Crippen LogP contribution in [0.3, 0.4) is 0 Å². The van der Waals surface area contributed by atoms with Gasteiger partial charge in [0.15, 0.2) is 0 Å². The maximum absolute atomic E-state index is 13.6. The molecule has 0 bridgehead atoms. The van der Waals surface area contributed by atoms with Gasteiger partial charge in [-0.25, -0.2) is 8.42 Å². The number of methoxy groups -OCH3 is 1. The number of hydrogen-bond donors (Lipinski definition) is 1. The van der Waals surface area contributed by atoms with Gasteiger partial charge in [-0.1, -0.05) is 43.2 Å². The minimum atomic E-state index is -3.75. The van der Waals surface area contributed by atoms with Crippen LogP contribution in [0.5, 0.6) is 5.75 Å². The molecule has 2 aromatic carbocycles. The number of anilines is 1. The molecule has 190 valence electrons. The van der Waals surface area contributed by atoms with E-state index in [-0.39, 0.29) is 18.5 Å². The first kappa shape index (κ1) is 26.5. The zero-order chi connectivity index (χ0) is 25.6. The van der Waals surface area contributed by atoms with Gasteiger partial charge < -0.3 is 15.0 Å². The van der Waals surface area contributed by atoms with Gasteiger partial charge in [0.1, 0.15) is 18.3 Å². The predicted molar refractivity (Wildman–Crippen MR) is 137 cm³/mol. The van der Waals surface area contributed by atoms with E-state index in [0.29, 0.717) is 11.4 Å². The average Bonchev–Trinajstić information content (AvgIpc) is 3.33. The lowest BCUT2D eigenvalue weighted by Gasteiger charge is -2.32. The summed E-state index contributed by atoms with van der Waals surface area (Å²) in [7, 11) is -2.19. The smallest absolute Gasteiger partial charge is 0.244 e. The normalized spacial score (nSPS) is 14.9. The largest absolute Gasteiger partial charge is 0.497 e. The number of ether oxygens (including phenoxy) is 1. The van der Waals surface area contributed by atoms with Gasteiger partial charge in [0.05, 0.1) is 19.1 Å². The van der Waals surface area contributed by atoms with Crippen molar-refractivity contribution in [3.63, 3.8) is 0 Å². The number of nitrogens with one attached hydrogen (secondary N) is 1. The number of benzene rings is 2. The highest BCUT2D eigenvalue weighted by molar-refractivity contribution is 7.92. The second-order valence-corrected chi connectivity index (χ2v) is 11.0. The summed E-state index contributed by atoms with van der Waals surface area (Å²) in [5.41, 5.74) is 1.95. The Labute approximate surface area is 208 Å². The summed E-state index contributed by atoms with van der Waals surface area (Å²) in [5.74, 6) is -0.0684. The van der Waals surface area contributed by atoms with Crippen LogP contribution >= 0.6 is 0 Å². The van der Waals surface area contributed by atoms with E-state index in [9.17, 15) is 18.0 Å². The number of carbonyl (C=O) groups is 2. The van der Waals surface area contributed by atoms with Gasteiger partial charge in [-0.15, -0.1) is 0 Å². The third-order valence-corrected chi connectivity index (χ3v) is 7.55. The highest BCUT2D eigenvalue weighted by Gasteiger charge is 2.31. The molecular weight excluding hydrogens is 466 g/mol. The first-order chi connectivity index (χ1) is 16.6. The van der Waals surface area contributed by atoms with E-state index in [0.717, 1.165) is 47.4 Å². The Bertz CT molecular complexity index is 1150. The number of aryl methyl sites for hydroxylation is 1. The van der Waals surface area contributed by atoms with Crippen molar-refractivity contribution in [1.29, 1.82) is 0 Å². The maximum Gasteiger partial charge on any atom is 0.244 e. The van der Waals surface area contributed by atoms with Crippen molar-refractivity contribution >= 4 is 27.5 Å². The molecule has 1 unspecified atom stereocenters. The number of carbonyl (C=O) groups excluding carboxylic acids is 2. The van der Waals surface area contributed by atoms with E-state index in [1.54, 1.807) is 51.3 Å². The van der Waals surface area contributed by atoms with Crippen LogP contribution in [0.15, 0.2) is 48.5 Å². The van der Waals surface area contributed by atoms with Gasteiger partial charge >= 0.3 is 0 Å². The molecule has 1 aliphatic carbocycles. The van der Waals surface area contributed by atoms with Crippen molar-refractivity contribution in [2.24, 2.45) is 0 Å². The fraction of sp³-hybridized carbons (Fsp3) is 0.462. The van der Waals surface area contributed by atoms with Crippen LogP contribution < -0.4 is 14.4 Å². The van der Waals surface area contributed by atoms with E-state index in [4.69, 9.17) is 4.74 Å². The number of hydrogen-bond acceptors (Lipinski definition) is 5. The number of rotatable bonds is 10. The minimum Gasteiger partial charge on any atom is -0.497 e. The molecule has 2 aromatic rings. The van der Waals surface area contributed by atoms with Gasteiger partial charge in [0, 0.05) is 12.6 Å². The second kappa shape index (κ2) is 11.6. The second-order valence-electron chi connectivity index (χ2n) is 9.10. The molecule has 2 amide bonds. The number of para-hydroxylation sites is 1. The summed E-state index contributed by atoms with van der Waals surface area (Å²) in [5, 5.41) is 3.06. The topological polar surface area (TPSA) is 96.0 Å². The Morgan fingerprint density at radius 3 is 2.43 bits per heavy atom. The Kier molecular flexibility index (Phi) is 8.77. The van der Waals surface area contributed by atoms with Gasteiger partial charge in [-0.3, -0.25) is 13.9 Å². The van der Waals surface area contributed by atoms with E-state index < -0.39 is 28.5 Å². The summed E-state index contributed by atoms with van der Waals surface area (Å²) in [6.07, 6.45) is 5.08. The summed E-state index contributed by atoms with van der Waals surface area (Å²) >= 11 is 0. The van der Waals surface area contributed by atoms with Gasteiger partial charge in [-0.05, 0) is 56.0 Å². The van der Waals surface area contributed by atoms with Gasteiger partial charge in [0.2, 0.25) is 21.8 Å². The van der Waals surface area contributed by atoms with Crippen LogP contribution in [-0.2, 0) is 26.2 Å². The molecule has 1 saturated carbocycles. The summed E-state index contributed by atoms with van der Waals surface area (Å²) < 4.78 is 31.8. The van der Waals surface area contributed by atoms with Crippen molar-refractivity contribution < 1.29 is 22.7 Å². The van der Waals surface area contributed by atoms with Gasteiger partial charge in [-0.2, -0.15) is 0 Å². The molecule has 1 N–H and O–H groups in total.